The molecule has 0 amide bonds. The normalized spacial score (nSPS) is 12.5. The largest absolute Gasteiger partial charge is 0.478 e. The highest BCUT2D eigenvalue weighted by Gasteiger charge is 2.37. The molecule has 0 radical (unpaired) electrons. The first-order valence-corrected chi connectivity index (χ1v) is 6.84. The first-order valence-electron chi connectivity index (χ1n) is 6.84. The maximum absolute atomic E-state index is 12.9. The van der Waals surface area contributed by atoms with E-state index in [-0.39, 0.29) is 28.5 Å². The molecule has 26 heavy (non-hydrogen) atoms. The lowest BCUT2D eigenvalue weighted by atomic mass is 10.0. The number of alkyl halides is 6. The third-order valence-electron chi connectivity index (χ3n) is 3.49. The van der Waals surface area contributed by atoms with Crippen molar-refractivity contribution in [2.75, 3.05) is 0 Å². The number of fused-ring (bicyclic) bond motifs is 1. The summed E-state index contributed by atoms with van der Waals surface area (Å²) < 4.78 is 77.6. The highest BCUT2D eigenvalue weighted by atomic mass is 19.4. The first-order chi connectivity index (χ1) is 12.0. The minimum atomic E-state index is -5.01. The number of carboxylic acids is 1. The van der Waals surface area contributed by atoms with E-state index in [2.05, 4.69) is 15.0 Å². The van der Waals surface area contributed by atoms with Gasteiger partial charge in [-0.25, -0.2) is 14.8 Å². The third kappa shape index (κ3) is 3.19. The predicted molar refractivity (Wildman–Crippen MR) is 76.3 cm³/mol. The average Bonchev–Trinajstić information content (AvgIpc) is 2.96. The lowest BCUT2D eigenvalue weighted by Crippen LogP contribution is -2.11. The Bertz CT molecular complexity index is 975. The molecule has 5 nitrogen and oxygen atoms in total. The van der Waals surface area contributed by atoms with Gasteiger partial charge < -0.3 is 10.1 Å². The van der Waals surface area contributed by atoms with Crippen molar-refractivity contribution in [1.82, 2.24) is 15.0 Å². The van der Waals surface area contributed by atoms with Gasteiger partial charge in [0, 0.05) is 11.8 Å². The van der Waals surface area contributed by atoms with Crippen LogP contribution in [0.3, 0.4) is 0 Å². The highest BCUT2D eigenvalue weighted by Crippen LogP contribution is 2.38. The molecule has 2 heterocycles. The Labute approximate surface area is 140 Å². The lowest BCUT2D eigenvalue weighted by molar-refractivity contribution is -0.143. The number of hydrogen-bond acceptors (Lipinski definition) is 3. The molecule has 0 saturated heterocycles. The summed E-state index contributed by atoms with van der Waals surface area (Å²) in [5, 5.41) is 9.05. The zero-order valence-corrected chi connectivity index (χ0v) is 12.4. The number of nitrogens with one attached hydrogen (secondary N) is 1. The molecule has 0 bridgehead atoms. The number of benzene rings is 1. The highest BCUT2D eigenvalue weighted by molar-refractivity contribution is 6.00. The van der Waals surface area contributed by atoms with Gasteiger partial charge in [0.15, 0.2) is 5.65 Å². The number of rotatable bonds is 2. The van der Waals surface area contributed by atoms with Gasteiger partial charge >= 0.3 is 18.3 Å². The molecule has 0 fully saturated rings. The van der Waals surface area contributed by atoms with E-state index in [1.807, 2.05) is 0 Å². The molecule has 0 saturated carbocycles. The Balaban J connectivity index is 2.24. The summed E-state index contributed by atoms with van der Waals surface area (Å²) in [6.07, 6.45) is -7.98. The van der Waals surface area contributed by atoms with Crippen molar-refractivity contribution in [1.29, 1.82) is 0 Å². The van der Waals surface area contributed by atoms with Crippen LogP contribution in [0.25, 0.3) is 22.4 Å². The van der Waals surface area contributed by atoms with Gasteiger partial charge in [-0.15, -0.1) is 0 Å². The molecule has 11 heteroatoms. The van der Waals surface area contributed by atoms with Gasteiger partial charge in [-0.1, -0.05) is 0 Å². The van der Waals surface area contributed by atoms with Crippen LogP contribution in [0.5, 0.6) is 0 Å². The van der Waals surface area contributed by atoms with Gasteiger partial charge in [0.25, 0.3) is 0 Å². The van der Waals surface area contributed by atoms with Crippen molar-refractivity contribution in [3.63, 3.8) is 0 Å². The minimum absolute atomic E-state index is 0.00552. The fourth-order valence-corrected chi connectivity index (χ4v) is 2.30. The minimum Gasteiger partial charge on any atom is -0.478 e. The average molecular weight is 375 g/mol. The van der Waals surface area contributed by atoms with Crippen LogP contribution in [0.15, 0.2) is 30.6 Å². The first kappa shape index (κ1) is 17.7. The second-order valence-electron chi connectivity index (χ2n) is 5.25. The number of carbonyl (C=O) groups is 1. The van der Waals surface area contributed by atoms with Crippen LogP contribution in [0.4, 0.5) is 26.3 Å². The quantitative estimate of drug-likeness (QED) is 0.653. The van der Waals surface area contributed by atoms with E-state index >= 15 is 0 Å². The number of halogens is 6. The van der Waals surface area contributed by atoms with E-state index < -0.39 is 35.0 Å². The number of nitrogens with zero attached hydrogens (tertiary/aromatic N) is 2. The van der Waals surface area contributed by atoms with E-state index in [9.17, 15) is 31.1 Å². The SMILES string of the molecule is O=C(O)c1c[nH]c2ncc(-c3cc(C(F)(F)F)cc(C(F)(F)F)c3)nc12. The molecule has 0 atom stereocenters. The Kier molecular flexibility index (Phi) is 3.89. The van der Waals surface area contributed by atoms with Crippen molar-refractivity contribution in [2.24, 2.45) is 0 Å². The van der Waals surface area contributed by atoms with E-state index in [0.717, 1.165) is 12.4 Å². The van der Waals surface area contributed by atoms with Crippen LogP contribution in [0.1, 0.15) is 21.5 Å². The van der Waals surface area contributed by atoms with Crippen molar-refractivity contribution in [2.45, 2.75) is 12.4 Å². The Morgan fingerprint density at radius 2 is 1.58 bits per heavy atom. The summed E-state index contributed by atoms with van der Waals surface area (Å²) in [5.74, 6) is -1.37. The van der Waals surface area contributed by atoms with Crippen LogP contribution in [0, 0.1) is 0 Å². The monoisotopic (exact) mass is 375 g/mol. The van der Waals surface area contributed by atoms with E-state index in [0.29, 0.717) is 12.1 Å². The van der Waals surface area contributed by atoms with Crippen LogP contribution in [-0.2, 0) is 12.4 Å². The van der Waals surface area contributed by atoms with E-state index in [1.54, 1.807) is 0 Å². The smallest absolute Gasteiger partial charge is 0.416 e. The lowest BCUT2D eigenvalue weighted by Gasteiger charge is -2.14. The topological polar surface area (TPSA) is 78.9 Å². The van der Waals surface area contributed by atoms with Crippen LogP contribution >= 0.6 is 0 Å². The van der Waals surface area contributed by atoms with Crippen molar-refractivity contribution in [3.8, 4) is 11.3 Å². The summed E-state index contributed by atoms with van der Waals surface area (Å²) >= 11 is 0. The molecule has 2 aromatic heterocycles. The maximum Gasteiger partial charge on any atom is 0.416 e. The molecule has 0 aliphatic carbocycles. The molecule has 3 rings (SSSR count). The molecule has 2 N–H and O–H groups in total. The standard InChI is InChI=1S/C15H7F6N3O2/c16-14(17,18)7-1-6(2-8(3-7)15(19,20)21)10-5-23-12-11(24-10)9(4-22-12)13(25)26/h1-5H,(H,22,23)(H,25,26). The summed E-state index contributed by atoms with van der Waals surface area (Å²) in [6, 6.07) is 0.991. The molecular formula is C15H7F6N3O2. The fraction of sp³-hybridized carbons (Fsp3) is 0.133. The van der Waals surface area contributed by atoms with Gasteiger partial charge in [-0.3, -0.25) is 0 Å². The molecule has 0 spiro atoms. The van der Waals surface area contributed by atoms with Crippen LogP contribution in [0.2, 0.25) is 0 Å². The molecule has 3 aromatic rings. The van der Waals surface area contributed by atoms with Gasteiger partial charge in [-0.2, -0.15) is 26.3 Å². The summed E-state index contributed by atoms with van der Waals surface area (Å²) in [6.45, 7) is 0. The maximum atomic E-state index is 12.9. The zero-order valence-electron chi connectivity index (χ0n) is 12.4. The number of carboxylic acid groups (broad SMARTS) is 1. The molecule has 0 aliphatic rings. The van der Waals surface area contributed by atoms with Crippen molar-refractivity contribution < 1.29 is 36.2 Å². The molecular weight excluding hydrogens is 368 g/mol. The third-order valence-corrected chi connectivity index (χ3v) is 3.49. The van der Waals surface area contributed by atoms with Gasteiger partial charge in [0.2, 0.25) is 0 Å². The summed E-state index contributed by atoms with van der Waals surface area (Å²) in [4.78, 5) is 21.3. The second-order valence-corrected chi connectivity index (χ2v) is 5.25. The van der Waals surface area contributed by atoms with E-state index in [4.69, 9.17) is 5.11 Å². The number of H-pyrrole nitrogens is 1. The molecule has 0 unspecified atom stereocenters. The fourth-order valence-electron chi connectivity index (χ4n) is 2.30. The predicted octanol–water partition coefficient (Wildman–Crippen LogP) is 4.36. The van der Waals surface area contributed by atoms with Crippen molar-refractivity contribution in [3.05, 3.63) is 47.3 Å². The molecule has 1 aromatic carbocycles. The number of hydrogen-bond donors (Lipinski definition) is 2. The Morgan fingerprint density at radius 1 is 1.00 bits per heavy atom. The summed E-state index contributed by atoms with van der Waals surface area (Å²) in [7, 11) is 0. The van der Waals surface area contributed by atoms with Crippen molar-refractivity contribution >= 4 is 17.1 Å². The van der Waals surface area contributed by atoms with Gasteiger partial charge in [0.05, 0.1) is 23.0 Å². The summed E-state index contributed by atoms with van der Waals surface area (Å²) in [5.41, 5.74) is -4.27. The molecule has 136 valence electrons. The number of aromatic nitrogens is 3. The number of aromatic amines is 1. The van der Waals surface area contributed by atoms with Crippen LogP contribution < -0.4 is 0 Å². The van der Waals surface area contributed by atoms with Gasteiger partial charge in [-0.05, 0) is 18.2 Å². The van der Waals surface area contributed by atoms with Gasteiger partial charge in [0.1, 0.15) is 11.1 Å². The molecule has 0 aliphatic heterocycles. The number of aromatic carboxylic acids is 1. The second kappa shape index (κ2) is 5.71. The Hall–Kier alpha value is -3.11. The van der Waals surface area contributed by atoms with Crippen LogP contribution in [-0.4, -0.2) is 26.0 Å². The Morgan fingerprint density at radius 3 is 2.08 bits per heavy atom. The van der Waals surface area contributed by atoms with E-state index in [1.165, 1.54) is 0 Å². The zero-order chi connectivity index (χ0) is 19.3.